The number of pyridine rings is 1. The van der Waals surface area contributed by atoms with Gasteiger partial charge in [0.05, 0.1) is 5.69 Å². The molecule has 5 rings (SSSR count). The van der Waals surface area contributed by atoms with E-state index in [4.69, 9.17) is 4.74 Å². The third-order valence-electron chi connectivity index (χ3n) is 6.27. The van der Waals surface area contributed by atoms with Gasteiger partial charge in [-0.25, -0.2) is 9.59 Å². The van der Waals surface area contributed by atoms with Gasteiger partial charge in [0.25, 0.3) is 0 Å². The van der Waals surface area contributed by atoms with E-state index in [1.165, 1.54) is 0 Å². The molecule has 0 saturated heterocycles. The van der Waals surface area contributed by atoms with Gasteiger partial charge in [-0.05, 0) is 33.9 Å². The maximum absolute atomic E-state index is 12.6. The van der Waals surface area contributed by atoms with Crippen LogP contribution in [0, 0.1) is 0 Å². The number of carbonyl (C=O) groups is 2. The average Bonchev–Trinajstić information content (AvgIpc) is 3.21. The van der Waals surface area contributed by atoms with E-state index in [2.05, 4.69) is 22.4 Å². The zero-order valence-electron chi connectivity index (χ0n) is 18.9. The number of carboxylic acids is 1. The molecule has 1 aliphatic rings. The Morgan fingerprint density at radius 3 is 2.09 bits per heavy atom. The van der Waals surface area contributed by atoms with Crippen LogP contribution in [0.15, 0.2) is 97.2 Å². The molecule has 0 bridgehead atoms. The number of rotatable bonds is 7. The van der Waals surface area contributed by atoms with Gasteiger partial charge >= 0.3 is 12.1 Å². The molecule has 35 heavy (non-hydrogen) atoms. The summed E-state index contributed by atoms with van der Waals surface area (Å²) < 4.78 is 5.51. The lowest BCUT2D eigenvalue weighted by atomic mass is 9.98. The van der Waals surface area contributed by atoms with Crippen LogP contribution in [0.1, 0.15) is 22.6 Å². The van der Waals surface area contributed by atoms with Crippen molar-refractivity contribution in [2.45, 2.75) is 18.4 Å². The number of alkyl carbamates (subject to hydrolysis) is 1. The van der Waals surface area contributed by atoms with Crippen molar-refractivity contribution in [1.82, 2.24) is 10.3 Å². The van der Waals surface area contributed by atoms with Crippen LogP contribution >= 0.6 is 0 Å². The number of nitrogens with one attached hydrogen (secondary N) is 1. The molecule has 1 amide bonds. The molecule has 1 atom stereocenters. The van der Waals surface area contributed by atoms with Crippen LogP contribution in [0.4, 0.5) is 4.79 Å². The van der Waals surface area contributed by atoms with E-state index in [1.54, 1.807) is 6.20 Å². The summed E-state index contributed by atoms with van der Waals surface area (Å²) in [5.41, 5.74) is 6.94. The number of ether oxygens (including phenoxy) is 1. The van der Waals surface area contributed by atoms with E-state index in [-0.39, 0.29) is 18.9 Å². The van der Waals surface area contributed by atoms with Gasteiger partial charge in [-0.15, -0.1) is 0 Å². The average molecular weight is 465 g/mol. The summed E-state index contributed by atoms with van der Waals surface area (Å²) in [6.07, 6.45) is 0.979. The van der Waals surface area contributed by atoms with Crippen molar-refractivity contribution in [2.75, 3.05) is 6.61 Å². The van der Waals surface area contributed by atoms with E-state index in [1.807, 2.05) is 78.9 Å². The normalized spacial score (nSPS) is 12.9. The van der Waals surface area contributed by atoms with Crippen molar-refractivity contribution in [2.24, 2.45) is 0 Å². The van der Waals surface area contributed by atoms with Crippen LogP contribution in [-0.4, -0.2) is 34.8 Å². The molecule has 4 aromatic rings. The van der Waals surface area contributed by atoms with Crippen LogP contribution in [0.3, 0.4) is 0 Å². The van der Waals surface area contributed by atoms with Gasteiger partial charge in [-0.1, -0.05) is 84.9 Å². The molecule has 6 heteroatoms. The standard InChI is InChI=1S/C29H24N2O4/c32-28(33)27(16-19-14-15-26(30-17-19)20-8-2-1-3-9-20)31-29(34)35-18-25-23-12-6-4-10-21(23)22-11-5-7-13-24(22)25/h1-15,17,25,27H,16,18H2,(H,31,34)(H,32,33)/t27-/m1/s1. The predicted molar refractivity (Wildman–Crippen MR) is 133 cm³/mol. The predicted octanol–water partition coefficient (Wildman–Crippen LogP) is 5.28. The van der Waals surface area contributed by atoms with Gasteiger partial charge in [0.1, 0.15) is 12.6 Å². The van der Waals surface area contributed by atoms with E-state index in [9.17, 15) is 14.7 Å². The van der Waals surface area contributed by atoms with Crippen molar-refractivity contribution < 1.29 is 19.4 Å². The van der Waals surface area contributed by atoms with E-state index in [0.717, 1.165) is 33.5 Å². The van der Waals surface area contributed by atoms with Crippen molar-refractivity contribution in [3.05, 3.63) is 114 Å². The number of fused-ring (bicyclic) bond motifs is 3. The highest BCUT2D eigenvalue weighted by molar-refractivity contribution is 5.81. The van der Waals surface area contributed by atoms with Gasteiger partial charge in [0, 0.05) is 24.1 Å². The van der Waals surface area contributed by atoms with Gasteiger partial charge in [0.15, 0.2) is 0 Å². The van der Waals surface area contributed by atoms with Crippen molar-refractivity contribution in [1.29, 1.82) is 0 Å². The number of hydrogen-bond acceptors (Lipinski definition) is 4. The first-order chi connectivity index (χ1) is 17.1. The van der Waals surface area contributed by atoms with Crippen LogP contribution < -0.4 is 5.32 Å². The Morgan fingerprint density at radius 1 is 0.857 bits per heavy atom. The summed E-state index contributed by atoms with van der Waals surface area (Å²) in [6, 6.07) is 28.4. The molecule has 0 aliphatic heterocycles. The third kappa shape index (κ3) is 4.77. The number of carboxylic acid groups (broad SMARTS) is 1. The minimum absolute atomic E-state index is 0.0915. The summed E-state index contributed by atoms with van der Waals surface area (Å²) in [5.74, 6) is -1.23. The van der Waals surface area contributed by atoms with E-state index < -0.39 is 18.1 Å². The molecule has 2 N–H and O–H groups in total. The summed E-state index contributed by atoms with van der Waals surface area (Å²) in [4.78, 5) is 28.8. The van der Waals surface area contributed by atoms with Gasteiger partial charge in [-0.2, -0.15) is 0 Å². The second kappa shape index (κ2) is 9.81. The fourth-order valence-electron chi connectivity index (χ4n) is 4.54. The monoisotopic (exact) mass is 464 g/mol. The molecule has 0 saturated carbocycles. The van der Waals surface area contributed by atoms with Crippen LogP contribution in [0.2, 0.25) is 0 Å². The Kier molecular flexibility index (Phi) is 6.26. The first kappa shape index (κ1) is 22.3. The molecular weight excluding hydrogens is 440 g/mol. The first-order valence-corrected chi connectivity index (χ1v) is 11.4. The quantitative estimate of drug-likeness (QED) is 0.388. The lowest BCUT2D eigenvalue weighted by molar-refractivity contribution is -0.139. The molecule has 1 aliphatic carbocycles. The lowest BCUT2D eigenvalue weighted by Crippen LogP contribution is -2.42. The molecule has 1 heterocycles. The molecule has 3 aromatic carbocycles. The number of amides is 1. The smallest absolute Gasteiger partial charge is 0.407 e. The maximum Gasteiger partial charge on any atom is 0.407 e. The zero-order valence-corrected chi connectivity index (χ0v) is 18.9. The fraction of sp³-hybridized carbons (Fsp3) is 0.138. The molecule has 0 unspecified atom stereocenters. The number of nitrogens with zero attached hydrogens (tertiary/aromatic N) is 1. The second-order valence-corrected chi connectivity index (χ2v) is 8.48. The molecule has 1 aromatic heterocycles. The number of carbonyl (C=O) groups excluding carboxylic acids is 1. The van der Waals surface area contributed by atoms with Crippen molar-refractivity contribution >= 4 is 12.1 Å². The Hall–Kier alpha value is -4.45. The Bertz CT molecular complexity index is 1310. The molecule has 0 spiro atoms. The van der Waals surface area contributed by atoms with E-state index in [0.29, 0.717) is 5.56 Å². The SMILES string of the molecule is O=C(N[C@H](Cc1ccc(-c2ccccc2)nc1)C(=O)O)OCC1c2ccccc2-c2ccccc21. The minimum atomic E-state index is -1.13. The lowest BCUT2D eigenvalue weighted by Gasteiger charge is -2.17. The molecule has 174 valence electrons. The second-order valence-electron chi connectivity index (χ2n) is 8.48. The Labute approximate surface area is 203 Å². The fourth-order valence-corrected chi connectivity index (χ4v) is 4.54. The summed E-state index contributed by atoms with van der Waals surface area (Å²) >= 11 is 0. The molecule has 0 fully saturated rings. The van der Waals surface area contributed by atoms with Crippen LogP contribution in [0.5, 0.6) is 0 Å². The minimum Gasteiger partial charge on any atom is -0.480 e. The number of aromatic nitrogens is 1. The number of aliphatic carboxylic acids is 1. The van der Waals surface area contributed by atoms with Gasteiger partial charge in [-0.3, -0.25) is 4.98 Å². The van der Waals surface area contributed by atoms with Crippen molar-refractivity contribution in [3.8, 4) is 22.4 Å². The Balaban J connectivity index is 1.23. The molecular formula is C29H24N2O4. The van der Waals surface area contributed by atoms with Crippen molar-refractivity contribution in [3.63, 3.8) is 0 Å². The summed E-state index contributed by atoms with van der Waals surface area (Å²) in [6.45, 7) is 0.125. The van der Waals surface area contributed by atoms with Gasteiger partial charge < -0.3 is 15.2 Å². The Morgan fingerprint density at radius 2 is 1.49 bits per heavy atom. The summed E-state index contributed by atoms with van der Waals surface area (Å²) in [7, 11) is 0. The van der Waals surface area contributed by atoms with Crippen LogP contribution in [0.25, 0.3) is 22.4 Å². The highest BCUT2D eigenvalue weighted by Crippen LogP contribution is 2.44. The molecule has 6 nitrogen and oxygen atoms in total. The number of benzene rings is 3. The number of hydrogen-bond donors (Lipinski definition) is 2. The van der Waals surface area contributed by atoms with E-state index >= 15 is 0 Å². The third-order valence-corrected chi connectivity index (χ3v) is 6.27. The first-order valence-electron chi connectivity index (χ1n) is 11.4. The topological polar surface area (TPSA) is 88.5 Å². The van der Waals surface area contributed by atoms with Gasteiger partial charge in [0.2, 0.25) is 0 Å². The highest BCUT2D eigenvalue weighted by Gasteiger charge is 2.29. The largest absolute Gasteiger partial charge is 0.480 e. The highest BCUT2D eigenvalue weighted by atomic mass is 16.5. The zero-order chi connectivity index (χ0) is 24.2. The summed E-state index contributed by atoms with van der Waals surface area (Å²) in [5, 5.41) is 12.2. The maximum atomic E-state index is 12.6. The van der Waals surface area contributed by atoms with Crippen LogP contribution in [-0.2, 0) is 16.0 Å². The molecule has 0 radical (unpaired) electrons.